The maximum Gasteiger partial charge on any atom is 0.266 e. The summed E-state index contributed by atoms with van der Waals surface area (Å²) in [4.78, 5) is 16.7. The van der Waals surface area contributed by atoms with Crippen molar-refractivity contribution in [2.75, 3.05) is 0 Å². The molecule has 4 aromatic rings. The number of rotatable bonds is 5. The predicted octanol–water partition coefficient (Wildman–Crippen LogP) is 6.56. The zero-order valence-electron chi connectivity index (χ0n) is 17.2. The van der Waals surface area contributed by atoms with E-state index >= 15 is 0 Å². The van der Waals surface area contributed by atoms with Gasteiger partial charge in [-0.3, -0.25) is 9.69 Å². The van der Waals surface area contributed by atoms with E-state index in [0.717, 1.165) is 27.4 Å². The van der Waals surface area contributed by atoms with Crippen molar-refractivity contribution in [2.45, 2.75) is 13.0 Å². The zero-order chi connectivity index (χ0) is 22.1. The number of hydrogen-bond acceptors (Lipinski definition) is 5. The van der Waals surface area contributed by atoms with Gasteiger partial charge in [0.15, 0.2) is 0 Å². The molecule has 5 rings (SSSR count). The molecule has 4 nitrogen and oxygen atoms in total. The first-order valence-electron chi connectivity index (χ1n) is 10.1. The predicted molar refractivity (Wildman–Crippen MR) is 137 cm³/mol. The second-order valence-electron chi connectivity index (χ2n) is 7.33. The number of thioether (sulfide) groups is 1. The molecule has 1 atom stereocenters. The first-order chi connectivity index (χ1) is 15.6. The summed E-state index contributed by atoms with van der Waals surface area (Å²) < 4.78 is 2.43. The molecule has 3 heterocycles. The molecule has 0 spiro atoms. The van der Waals surface area contributed by atoms with E-state index in [0.29, 0.717) is 9.23 Å². The Morgan fingerprint density at radius 1 is 1.00 bits per heavy atom. The number of carbonyl (C=O) groups is 1. The van der Waals surface area contributed by atoms with Gasteiger partial charge in [-0.05, 0) is 42.1 Å². The van der Waals surface area contributed by atoms with Gasteiger partial charge < -0.3 is 0 Å². The van der Waals surface area contributed by atoms with E-state index in [4.69, 9.17) is 17.3 Å². The molecule has 158 valence electrons. The zero-order valence-corrected chi connectivity index (χ0v) is 19.7. The van der Waals surface area contributed by atoms with Crippen LogP contribution in [0.3, 0.4) is 0 Å². The number of aromatic nitrogens is 2. The molecule has 1 aliphatic rings. The van der Waals surface area contributed by atoms with Gasteiger partial charge in [0.1, 0.15) is 10.0 Å². The topological polar surface area (TPSA) is 38.1 Å². The number of hydrogen-bond donors (Lipinski definition) is 0. The number of nitrogens with zero attached hydrogens (tertiary/aromatic N) is 3. The van der Waals surface area contributed by atoms with Crippen LogP contribution in [0, 0.1) is 0 Å². The van der Waals surface area contributed by atoms with Crippen molar-refractivity contribution in [3.63, 3.8) is 0 Å². The van der Waals surface area contributed by atoms with Crippen LogP contribution < -0.4 is 0 Å². The third-order valence-electron chi connectivity index (χ3n) is 5.30. The van der Waals surface area contributed by atoms with Crippen LogP contribution in [0.15, 0.2) is 89.3 Å². The van der Waals surface area contributed by atoms with E-state index in [2.05, 4.69) is 0 Å². The molecule has 2 aromatic heterocycles. The molecule has 0 bridgehead atoms. The minimum Gasteiger partial charge on any atom is -0.286 e. The molecular formula is C25H19N3OS3. The smallest absolute Gasteiger partial charge is 0.266 e. The van der Waals surface area contributed by atoms with Crippen LogP contribution in [0.4, 0.5) is 0 Å². The van der Waals surface area contributed by atoms with Crippen molar-refractivity contribution in [3.8, 4) is 16.3 Å². The molecule has 7 heteroatoms. The molecule has 1 aliphatic heterocycles. The Hall–Kier alpha value is -3.00. The number of para-hydroxylation sites is 1. The van der Waals surface area contributed by atoms with Crippen LogP contribution in [0.5, 0.6) is 0 Å². The summed E-state index contributed by atoms with van der Waals surface area (Å²) in [7, 11) is 0. The molecule has 0 radical (unpaired) electrons. The second kappa shape index (κ2) is 8.86. The lowest BCUT2D eigenvalue weighted by Gasteiger charge is -2.23. The Bertz CT molecular complexity index is 1290. The van der Waals surface area contributed by atoms with Gasteiger partial charge in [-0.15, -0.1) is 11.3 Å². The lowest BCUT2D eigenvalue weighted by Crippen LogP contribution is -2.30. The van der Waals surface area contributed by atoms with Crippen molar-refractivity contribution in [2.24, 2.45) is 0 Å². The molecule has 0 aliphatic carbocycles. The van der Waals surface area contributed by atoms with Gasteiger partial charge in [0, 0.05) is 11.8 Å². The molecular weight excluding hydrogens is 454 g/mol. The fourth-order valence-corrected chi connectivity index (χ4v) is 5.79. The average molecular weight is 474 g/mol. The van der Waals surface area contributed by atoms with E-state index in [1.54, 1.807) is 16.2 Å². The molecule has 32 heavy (non-hydrogen) atoms. The summed E-state index contributed by atoms with van der Waals surface area (Å²) in [5, 5.41) is 6.86. The first-order valence-corrected chi connectivity index (χ1v) is 12.2. The minimum absolute atomic E-state index is 0.0686. The Kier molecular flexibility index (Phi) is 5.78. The monoisotopic (exact) mass is 473 g/mol. The molecule has 2 aromatic carbocycles. The van der Waals surface area contributed by atoms with Crippen LogP contribution in [-0.4, -0.2) is 24.9 Å². The fourth-order valence-electron chi connectivity index (χ4n) is 3.65. The van der Waals surface area contributed by atoms with Crippen molar-refractivity contribution in [1.29, 1.82) is 0 Å². The van der Waals surface area contributed by atoms with Gasteiger partial charge in [-0.1, -0.05) is 78.6 Å². The summed E-state index contributed by atoms with van der Waals surface area (Å²) >= 11 is 8.56. The molecule has 0 saturated carbocycles. The van der Waals surface area contributed by atoms with Crippen LogP contribution >= 0.6 is 35.3 Å². The van der Waals surface area contributed by atoms with Crippen LogP contribution in [0.2, 0.25) is 0 Å². The van der Waals surface area contributed by atoms with Gasteiger partial charge in [-0.25, -0.2) is 4.68 Å². The maximum absolute atomic E-state index is 13.3. The Morgan fingerprint density at radius 3 is 2.41 bits per heavy atom. The highest BCUT2D eigenvalue weighted by atomic mass is 32.2. The standard InChI is InChI=1S/C25H19N3OS3/c1-17(18-9-4-2-5-10-18)28-24(29)22(32-25(28)30)15-19-16-27(20-11-6-3-7-12-20)26-23(19)21-13-8-14-31-21/h2-17H,1H3/b22-15-. The average Bonchev–Trinajstić information content (AvgIpc) is 3.55. The Morgan fingerprint density at radius 2 is 1.72 bits per heavy atom. The summed E-state index contributed by atoms with van der Waals surface area (Å²) in [6.45, 7) is 2.01. The van der Waals surface area contributed by atoms with Gasteiger partial charge in [0.25, 0.3) is 5.91 Å². The third kappa shape index (κ3) is 3.95. The summed E-state index contributed by atoms with van der Waals surface area (Å²) in [5.74, 6) is -0.0686. The summed E-state index contributed by atoms with van der Waals surface area (Å²) in [6, 6.07) is 23.9. The first kappa shape index (κ1) is 20.9. The normalized spacial score (nSPS) is 16.2. The lowest BCUT2D eigenvalue weighted by atomic mass is 10.1. The fraction of sp³-hybridized carbons (Fsp3) is 0.0800. The lowest BCUT2D eigenvalue weighted by molar-refractivity contribution is -0.123. The minimum atomic E-state index is -0.126. The molecule has 1 fully saturated rings. The van der Waals surface area contributed by atoms with Gasteiger partial charge in [-0.2, -0.15) is 5.10 Å². The molecule has 1 saturated heterocycles. The van der Waals surface area contributed by atoms with E-state index < -0.39 is 0 Å². The quantitative estimate of drug-likeness (QED) is 0.243. The van der Waals surface area contributed by atoms with Crippen molar-refractivity contribution in [1.82, 2.24) is 14.7 Å². The highest BCUT2D eigenvalue weighted by Crippen LogP contribution is 2.39. The van der Waals surface area contributed by atoms with E-state index in [1.165, 1.54) is 11.8 Å². The van der Waals surface area contributed by atoms with Crippen LogP contribution in [-0.2, 0) is 4.79 Å². The molecule has 1 amide bonds. The number of benzene rings is 2. The number of carbonyl (C=O) groups excluding carboxylic acids is 1. The SMILES string of the molecule is CC(c1ccccc1)N1C(=O)/C(=C/c2cn(-c3ccccc3)nc2-c2cccs2)SC1=S. The summed E-state index contributed by atoms with van der Waals surface area (Å²) in [5.41, 5.74) is 3.77. The van der Waals surface area contributed by atoms with Crippen LogP contribution in [0.25, 0.3) is 22.3 Å². The van der Waals surface area contributed by atoms with Crippen molar-refractivity contribution >= 4 is 51.6 Å². The highest BCUT2D eigenvalue weighted by Gasteiger charge is 2.36. The molecule has 1 unspecified atom stereocenters. The summed E-state index contributed by atoms with van der Waals surface area (Å²) in [6.07, 6.45) is 3.88. The van der Waals surface area contributed by atoms with Gasteiger partial charge in [0.05, 0.1) is 21.5 Å². The number of thiocarbonyl (C=S) groups is 1. The highest BCUT2D eigenvalue weighted by molar-refractivity contribution is 8.26. The van der Waals surface area contributed by atoms with Crippen molar-refractivity contribution < 1.29 is 4.79 Å². The van der Waals surface area contributed by atoms with E-state index in [9.17, 15) is 4.79 Å². The number of thiophene rings is 1. The van der Waals surface area contributed by atoms with Gasteiger partial charge in [0.2, 0.25) is 0 Å². The maximum atomic E-state index is 13.3. The third-order valence-corrected chi connectivity index (χ3v) is 7.50. The van der Waals surface area contributed by atoms with Gasteiger partial charge >= 0.3 is 0 Å². The Balaban J connectivity index is 1.53. The van der Waals surface area contributed by atoms with E-state index in [-0.39, 0.29) is 11.9 Å². The second-order valence-corrected chi connectivity index (χ2v) is 9.95. The molecule has 0 N–H and O–H groups in total. The number of amides is 1. The Labute approximate surface area is 200 Å². The largest absolute Gasteiger partial charge is 0.286 e. The van der Waals surface area contributed by atoms with E-state index in [1.807, 2.05) is 102 Å². The van der Waals surface area contributed by atoms with Crippen molar-refractivity contribution in [3.05, 3.63) is 100 Å². The van der Waals surface area contributed by atoms with Crippen LogP contribution in [0.1, 0.15) is 24.1 Å².